The van der Waals surface area contributed by atoms with E-state index in [1.165, 1.54) is 6.08 Å². The Morgan fingerprint density at radius 1 is 1.47 bits per heavy atom. The van der Waals surface area contributed by atoms with Crippen molar-refractivity contribution in [2.24, 2.45) is 0 Å². The molecule has 0 aliphatic heterocycles. The molecule has 0 aliphatic carbocycles. The lowest BCUT2D eigenvalue weighted by molar-refractivity contribution is -0.111. The number of rotatable bonds is 3. The maximum absolute atomic E-state index is 11.5. The third-order valence-electron chi connectivity index (χ3n) is 2.12. The summed E-state index contributed by atoms with van der Waals surface area (Å²) in [5, 5.41) is 9.27. The molecule has 88 valence electrons. The largest absolute Gasteiger partial charge is 0.462 e. The lowest BCUT2D eigenvalue weighted by Gasteiger charge is -1.94. The maximum Gasteiger partial charge on any atom is 0.249 e. The van der Waals surface area contributed by atoms with Crippen molar-refractivity contribution in [3.8, 4) is 0 Å². The molecule has 2 heterocycles. The Bertz CT molecular complexity index is 552. The second-order valence-electron chi connectivity index (χ2n) is 3.71. The third-order valence-corrected chi connectivity index (χ3v) is 2.12. The fraction of sp³-hybridized carbons (Fsp3) is 0.167. The SMILES string of the molecule is Cc1cc(NC(=O)/C=C/c2ccc(C)o2)n[nH]1. The van der Waals surface area contributed by atoms with Crippen molar-refractivity contribution in [1.82, 2.24) is 10.2 Å². The van der Waals surface area contributed by atoms with E-state index in [9.17, 15) is 4.79 Å². The number of aryl methyl sites for hydroxylation is 2. The number of carbonyl (C=O) groups excluding carboxylic acids is 1. The first-order valence-electron chi connectivity index (χ1n) is 5.21. The molecule has 0 aromatic carbocycles. The highest BCUT2D eigenvalue weighted by atomic mass is 16.3. The van der Waals surface area contributed by atoms with Crippen LogP contribution in [0.15, 0.2) is 28.7 Å². The van der Waals surface area contributed by atoms with Crippen LogP contribution in [0, 0.1) is 13.8 Å². The Morgan fingerprint density at radius 3 is 2.88 bits per heavy atom. The summed E-state index contributed by atoms with van der Waals surface area (Å²) in [5.74, 6) is 1.72. The fourth-order valence-corrected chi connectivity index (χ4v) is 1.35. The van der Waals surface area contributed by atoms with Crippen molar-refractivity contribution in [2.75, 3.05) is 5.32 Å². The molecule has 0 spiro atoms. The van der Waals surface area contributed by atoms with Gasteiger partial charge in [0.25, 0.3) is 0 Å². The molecule has 2 N–H and O–H groups in total. The molecule has 2 rings (SSSR count). The van der Waals surface area contributed by atoms with Gasteiger partial charge in [-0.2, -0.15) is 5.10 Å². The predicted molar refractivity (Wildman–Crippen MR) is 64.4 cm³/mol. The van der Waals surface area contributed by atoms with Crippen LogP contribution in [0.2, 0.25) is 0 Å². The number of nitrogens with zero attached hydrogens (tertiary/aromatic N) is 1. The van der Waals surface area contributed by atoms with E-state index in [2.05, 4.69) is 15.5 Å². The Hall–Kier alpha value is -2.30. The van der Waals surface area contributed by atoms with Gasteiger partial charge in [-0.05, 0) is 32.1 Å². The second-order valence-corrected chi connectivity index (χ2v) is 3.71. The number of nitrogens with one attached hydrogen (secondary N) is 2. The summed E-state index contributed by atoms with van der Waals surface area (Å²) in [7, 11) is 0. The molecule has 0 bridgehead atoms. The molecule has 0 unspecified atom stereocenters. The molecule has 0 atom stereocenters. The molecule has 0 fully saturated rings. The normalized spacial score (nSPS) is 10.9. The first kappa shape index (κ1) is 11.2. The van der Waals surface area contributed by atoms with Crippen LogP contribution in [-0.4, -0.2) is 16.1 Å². The Kier molecular flexibility index (Phi) is 3.09. The van der Waals surface area contributed by atoms with E-state index in [0.717, 1.165) is 11.5 Å². The Balaban J connectivity index is 1.95. The summed E-state index contributed by atoms with van der Waals surface area (Å²) in [4.78, 5) is 11.5. The zero-order valence-corrected chi connectivity index (χ0v) is 9.65. The molecule has 0 saturated carbocycles. The number of carbonyl (C=O) groups is 1. The predicted octanol–water partition coefficient (Wildman–Crippen LogP) is 2.27. The van der Waals surface area contributed by atoms with E-state index >= 15 is 0 Å². The van der Waals surface area contributed by atoms with Gasteiger partial charge in [0.15, 0.2) is 5.82 Å². The molecule has 2 aromatic rings. The fourth-order valence-electron chi connectivity index (χ4n) is 1.35. The summed E-state index contributed by atoms with van der Waals surface area (Å²) >= 11 is 0. The molecule has 0 radical (unpaired) electrons. The number of furan rings is 1. The van der Waals surface area contributed by atoms with E-state index in [0.29, 0.717) is 11.6 Å². The minimum atomic E-state index is -0.245. The minimum absolute atomic E-state index is 0.245. The van der Waals surface area contributed by atoms with E-state index in [1.54, 1.807) is 18.2 Å². The summed E-state index contributed by atoms with van der Waals surface area (Å²) in [6, 6.07) is 5.40. The van der Waals surface area contributed by atoms with Gasteiger partial charge in [0.1, 0.15) is 11.5 Å². The Morgan fingerprint density at radius 2 is 2.29 bits per heavy atom. The average Bonchev–Trinajstić information content (AvgIpc) is 2.85. The number of anilines is 1. The zero-order valence-electron chi connectivity index (χ0n) is 9.65. The van der Waals surface area contributed by atoms with Crippen molar-refractivity contribution >= 4 is 17.8 Å². The van der Waals surface area contributed by atoms with Gasteiger partial charge in [-0.25, -0.2) is 0 Å². The molecular weight excluding hydrogens is 218 g/mol. The summed E-state index contributed by atoms with van der Waals surface area (Å²) in [5.41, 5.74) is 0.894. The van der Waals surface area contributed by atoms with E-state index in [-0.39, 0.29) is 5.91 Å². The highest BCUT2D eigenvalue weighted by Crippen LogP contribution is 2.08. The van der Waals surface area contributed by atoms with Crippen LogP contribution in [0.4, 0.5) is 5.82 Å². The molecule has 0 saturated heterocycles. The van der Waals surface area contributed by atoms with E-state index in [4.69, 9.17) is 4.42 Å². The van der Waals surface area contributed by atoms with Gasteiger partial charge in [-0.15, -0.1) is 0 Å². The third kappa shape index (κ3) is 3.07. The second kappa shape index (κ2) is 4.69. The number of hydrogen-bond donors (Lipinski definition) is 2. The van der Waals surface area contributed by atoms with Gasteiger partial charge < -0.3 is 9.73 Å². The highest BCUT2D eigenvalue weighted by Gasteiger charge is 2.01. The standard InChI is InChI=1S/C12H13N3O2/c1-8-7-11(15-14-8)13-12(16)6-5-10-4-3-9(2)17-10/h3-7H,1-2H3,(H2,13,14,15,16)/b6-5+. The molecule has 5 heteroatoms. The molecule has 1 amide bonds. The first-order chi connectivity index (χ1) is 8.13. The van der Waals surface area contributed by atoms with Crippen LogP contribution in [0.25, 0.3) is 6.08 Å². The quantitative estimate of drug-likeness (QED) is 0.796. The van der Waals surface area contributed by atoms with Crippen molar-refractivity contribution in [2.45, 2.75) is 13.8 Å². The van der Waals surface area contributed by atoms with Crippen LogP contribution >= 0.6 is 0 Å². The van der Waals surface area contributed by atoms with Gasteiger partial charge >= 0.3 is 0 Å². The number of aromatic amines is 1. The summed E-state index contributed by atoms with van der Waals surface area (Å²) in [6.07, 6.45) is 3.02. The van der Waals surface area contributed by atoms with Crippen LogP contribution in [-0.2, 0) is 4.79 Å². The van der Waals surface area contributed by atoms with Gasteiger partial charge in [0.2, 0.25) is 5.91 Å². The lowest BCUT2D eigenvalue weighted by Crippen LogP contribution is -2.07. The molecular formula is C12H13N3O2. The van der Waals surface area contributed by atoms with Crippen LogP contribution in [0.1, 0.15) is 17.2 Å². The number of H-pyrrole nitrogens is 1. The first-order valence-corrected chi connectivity index (χ1v) is 5.21. The molecule has 5 nitrogen and oxygen atoms in total. The number of amides is 1. The zero-order chi connectivity index (χ0) is 12.3. The van der Waals surface area contributed by atoms with Gasteiger partial charge in [-0.3, -0.25) is 9.89 Å². The van der Waals surface area contributed by atoms with E-state index in [1.807, 2.05) is 19.9 Å². The van der Waals surface area contributed by atoms with Crippen LogP contribution in [0.5, 0.6) is 0 Å². The smallest absolute Gasteiger partial charge is 0.249 e. The van der Waals surface area contributed by atoms with E-state index < -0.39 is 0 Å². The van der Waals surface area contributed by atoms with Gasteiger partial charge in [-0.1, -0.05) is 0 Å². The highest BCUT2D eigenvalue weighted by molar-refractivity contribution is 6.01. The molecule has 17 heavy (non-hydrogen) atoms. The van der Waals surface area contributed by atoms with Crippen LogP contribution < -0.4 is 5.32 Å². The summed E-state index contributed by atoms with van der Waals surface area (Å²) < 4.78 is 5.30. The topological polar surface area (TPSA) is 70.9 Å². The Labute approximate surface area is 98.5 Å². The van der Waals surface area contributed by atoms with Crippen molar-refractivity contribution in [3.05, 3.63) is 41.5 Å². The summed E-state index contributed by atoms with van der Waals surface area (Å²) in [6.45, 7) is 3.72. The maximum atomic E-state index is 11.5. The van der Waals surface area contributed by atoms with Crippen LogP contribution in [0.3, 0.4) is 0 Å². The molecule has 0 aliphatic rings. The van der Waals surface area contributed by atoms with Crippen molar-refractivity contribution in [1.29, 1.82) is 0 Å². The molecule has 2 aromatic heterocycles. The number of hydrogen-bond acceptors (Lipinski definition) is 3. The lowest BCUT2D eigenvalue weighted by atomic mass is 10.4. The number of aromatic nitrogens is 2. The van der Waals surface area contributed by atoms with Crippen molar-refractivity contribution in [3.63, 3.8) is 0 Å². The van der Waals surface area contributed by atoms with Gasteiger partial charge in [0.05, 0.1) is 0 Å². The monoisotopic (exact) mass is 231 g/mol. The van der Waals surface area contributed by atoms with Crippen molar-refractivity contribution < 1.29 is 9.21 Å². The minimum Gasteiger partial charge on any atom is -0.462 e. The van der Waals surface area contributed by atoms with Gasteiger partial charge in [0, 0.05) is 17.8 Å². The average molecular weight is 231 g/mol.